The number of rotatable bonds is 5. The van der Waals surface area contributed by atoms with Crippen molar-refractivity contribution in [3.63, 3.8) is 0 Å². The standard InChI is InChI=1S/C25H27N3O3S/c1-16(2)17-5-8-19(9-6-17)26-25-28(13-20-4-3-11-30-20)22(15-32-25)18-7-10-23-21(12-18)27-24(29)14-31-23/h5-10,12,15-16,20H,3-4,11,13-14H2,1-2H3,(H,27,29). The maximum absolute atomic E-state index is 11.8. The SMILES string of the molecule is CC(C)c1ccc(N=c2scc(-c3ccc4c(c3)NC(=O)CO4)n2CC2CCCO2)cc1. The summed E-state index contributed by atoms with van der Waals surface area (Å²) in [5.74, 6) is 1.06. The molecule has 32 heavy (non-hydrogen) atoms. The van der Waals surface area contributed by atoms with Crippen LogP contribution in [0.25, 0.3) is 11.3 Å². The molecule has 5 rings (SSSR count). The normalized spacial score (nSPS) is 18.5. The van der Waals surface area contributed by atoms with Crippen molar-refractivity contribution in [2.45, 2.75) is 45.3 Å². The Labute approximate surface area is 191 Å². The van der Waals surface area contributed by atoms with Crippen molar-refractivity contribution in [3.05, 3.63) is 58.2 Å². The highest BCUT2D eigenvalue weighted by Gasteiger charge is 2.21. The molecule has 1 unspecified atom stereocenters. The monoisotopic (exact) mass is 449 g/mol. The lowest BCUT2D eigenvalue weighted by molar-refractivity contribution is -0.118. The third-order valence-corrected chi connectivity index (χ3v) is 6.76. The fourth-order valence-corrected chi connectivity index (χ4v) is 5.04. The van der Waals surface area contributed by atoms with E-state index < -0.39 is 0 Å². The van der Waals surface area contributed by atoms with Crippen LogP contribution in [0.2, 0.25) is 0 Å². The van der Waals surface area contributed by atoms with Crippen LogP contribution in [-0.2, 0) is 16.1 Å². The van der Waals surface area contributed by atoms with Gasteiger partial charge in [0, 0.05) is 17.6 Å². The van der Waals surface area contributed by atoms with Gasteiger partial charge in [-0.1, -0.05) is 26.0 Å². The lowest BCUT2D eigenvalue weighted by Crippen LogP contribution is -2.25. The molecule has 0 radical (unpaired) electrons. The predicted octanol–water partition coefficient (Wildman–Crippen LogP) is 5.08. The third kappa shape index (κ3) is 4.36. The molecule has 2 aliphatic rings. The molecule has 2 aliphatic heterocycles. The van der Waals surface area contributed by atoms with Crippen LogP contribution < -0.4 is 14.9 Å². The highest BCUT2D eigenvalue weighted by atomic mass is 32.1. The van der Waals surface area contributed by atoms with Crippen molar-refractivity contribution in [2.75, 3.05) is 18.5 Å². The van der Waals surface area contributed by atoms with E-state index in [0.29, 0.717) is 17.4 Å². The number of anilines is 1. The second-order valence-electron chi connectivity index (χ2n) is 8.55. The van der Waals surface area contributed by atoms with Gasteiger partial charge in [0.05, 0.1) is 29.7 Å². The van der Waals surface area contributed by atoms with E-state index in [9.17, 15) is 4.79 Å². The molecule has 1 N–H and O–H groups in total. The molecule has 0 spiro atoms. The summed E-state index contributed by atoms with van der Waals surface area (Å²) in [5.41, 5.74) is 5.03. The summed E-state index contributed by atoms with van der Waals surface area (Å²) in [6.45, 7) is 6.01. The zero-order chi connectivity index (χ0) is 22.1. The van der Waals surface area contributed by atoms with Gasteiger partial charge in [-0.15, -0.1) is 11.3 Å². The minimum atomic E-state index is -0.132. The Morgan fingerprint density at radius 1 is 1.22 bits per heavy atom. The first-order chi connectivity index (χ1) is 15.6. The summed E-state index contributed by atoms with van der Waals surface area (Å²) in [6.07, 6.45) is 2.33. The Kier molecular flexibility index (Phi) is 5.85. The first-order valence-electron chi connectivity index (χ1n) is 11.1. The lowest BCUT2D eigenvalue weighted by atomic mass is 10.0. The van der Waals surface area contributed by atoms with E-state index in [0.717, 1.165) is 47.7 Å². The fourth-order valence-electron chi connectivity index (χ4n) is 4.10. The van der Waals surface area contributed by atoms with Crippen LogP contribution in [0.1, 0.15) is 38.2 Å². The topological polar surface area (TPSA) is 64.8 Å². The van der Waals surface area contributed by atoms with Gasteiger partial charge in [-0.2, -0.15) is 0 Å². The number of amides is 1. The van der Waals surface area contributed by atoms with Crippen molar-refractivity contribution < 1.29 is 14.3 Å². The minimum absolute atomic E-state index is 0.0580. The average molecular weight is 450 g/mol. The van der Waals surface area contributed by atoms with Crippen LogP contribution >= 0.6 is 11.3 Å². The molecule has 1 saturated heterocycles. The van der Waals surface area contributed by atoms with Crippen molar-refractivity contribution in [1.82, 2.24) is 4.57 Å². The molecule has 0 bridgehead atoms. The summed E-state index contributed by atoms with van der Waals surface area (Å²) >= 11 is 1.62. The average Bonchev–Trinajstić information content (AvgIpc) is 3.44. The van der Waals surface area contributed by atoms with Gasteiger partial charge in [0.2, 0.25) is 0 Å². The Balaban J connectivity index is 1.55. The van der Waals surface area contributed by atoms with Crippen molar-refractivity contribution in [1.29, 1.82) is 0 Å². The van der Waals surface area contributed by atoms with Crippen LogP contribution in [0.15, 0.2) is 52.8 Å². The van der Waals surface area contributed by atoms with Gasteiger partial charge in [-0.3, -0.25) is 4.79 Å². The molecule has 1 amide bonds. The molecule has 1 fully saturated rings. The number of nitrogens with one attached hydrogen (secondary N) is 1. The van der Waals surface area contributed by atoms with Gasteiger partial charge in [0.25, 0.3) is 5.91 Å². The van der Waals surface area contributed by atoms with Gasteiger partial charge in [0.1, 0.15) is 5.75 Å². The second kappa shape index (κ2) is 8.92. The smallest absolute Gasteiger partial charge is 0.262 e. The Bertz CT molecular complexity index is 1190. The predicted molar refractivity (Wildman–Crippen MR) is 127 cm³/mol. The summed E-state index contributed by atoms with van der Waals surface area (Å²) in [5, 5.41) is 5.03. The first kappa shape index (κ1) is 21.0. The number of ether oxygens (including phenoxy) is 2. The number of carbonyl (C=O) groups is 1. The van der Waals surface area contributed by atoms with Crippen LogP contribution in [0.5, 0.6) is 5.75 Å². The number of hydrogen-bond donors (Lipinski definition) is 1. The quantitative estimate of drug-likeness (QED) is 0.591. The Morgan fingerprint density at radius 3 is 2.81 bits per heavy atom. The van der Waals surface area contributed by atoms with Gasteiger partial charge in [-0.25, -0.2) is 4.99 Å². The van der Waals surface area contributed by atoms with Crippen LogP contribution in [0.3, 0.4) is 0 Å². The van der Waals surface area contributed by atoms with Gasteiger partial charge < -0.3 is 19.4 Å². The molecule has 6 nitrogen and oxygen atoms in total. The molecule has 1 atom stereocenters. The third-order valence-electron chi connectivity index (χ3n) is 5.90. The number of aromatic nitrogens is 1. The molecule has 3 aromatic rings. The van der Waals surface area contributed by atoms with Gasteiger partial charge >= 0.3 is 0 Å². The van der Waals surface area contributed by atoms with Crippen molar-refractivity contribution in [2.24, 2.45) is 4.99 Å². The second-order valence-corrected chi connectivity index (χ2v) is 9.39. The van der Waals surface area contributed by atoms with Gasteiger partial charge in [0.15, 0.2) is 11.4 Å². The Hall–Kier alpha value is -2.90. The van der Waals surface area contributed by atoms with E-state index in [1.54, 1.807) is 11.3 Å². The molecule has 166 valence electrons. The van der Waals surface area contributed by atoms with Crippen LogP contribution in [0, 0.1) is 0 Å². The zero-order valence-electron chi connectivity index (χ0n) is 18.3. The molecule has 2 aromatic carbocycles. The maximum Gasteiger partial charge on any atom is 0.262 e. The Morgan fingerprint density at radius 2 is 2.06 bits per heavy atom. The first-order valence-corrected chi connectivity index (χ1v) is 12.0. The summed E-state index contributed by atoms with van der Waals surface area (Å²) in [7, 11) is 0. The summed E-state index contributed by atoms with van der Waals surface area (Å²) < 4.78 is 13.7. The number of benzene rings is 2. The maximum atomic E-state index is 11.8. The van der Waals surface area contributed by atoms with Crippen molar-refractivity contribution in [3.8, 4) is 17.0 Å². The molecule has 7 heteroatoms. The van der Waals surface area contributed by atoms with Crippen LogP contribution in [-0.4, -0.2) is 29.8 Å². The summed E-state index contributed by atoms with van der Waals surface area (Å²) in [4.78, 5) is 17.7. The number of fused-ring (bicyclic) bond motifs is 1. The zero-order valence-corrected chi connectivity index (χ0v) is 19.2. The highest BCUT2D eigenvalue weighted by Crippen LogP contribution is 2.33. The van der Waals surface area contributed by atoms with E-state index in [1.165, 1.54) is 5.56 Å². The van der Waals surface area contributed by atoms with Crippen molar-refractivity contribution >= 4 is 28.6 Å². The lowest BCUT2D eigenvalue weighted by Gasteiger charge is -2.19. The number of hydrogen-bond acceptors (Lipinski definition) is 5. The molecule has 3 heterocycles. The molecule has 0 saturated carbocycles. The summed E-state index contributed by atoms with van der Waals surface area (Å²) in [6, 6.07) is 14.4. The number of carbonyl (C=O) groups excluding carboxylic acids is 1. The fraction of sp³-hybridized carbons (Fsp3) is 0.360. The highest BCUT2D eigenvalue weighted by molar-refractivity contribution is 7.07. The molecule has 1 aromatic heterocycles. The molecular weight excluding hydrogens is 422 g/mol. The van der Waals surface area contributed by atoms with E-state index in [4.69, 9.17) is 14.5 Å². The number of nitrogens with zero attached hydrogens (tertiary/aromatic N) is 2. The van der Waals surface area contributed by atoms with E-state index in [1.807, 2.05) is 18.2 Å². The minimum Gasteiger partial charge on any atom is -0.482 e. The van der Waals surface area contributed by atoms with Crippen LogP contribution in [0.4, 0.5) is 11.4 Å². The van der Waals surface area contributed by atoms with E-state index in [2.05, 4.69) is 53.4 Å². The van der Waals surface area contributed by atoms with Gasteiger partial charge in [-0.05, 0) is 54.7 Å². The number of thiazole rings is 1. The van der Waals surface area contributed by atoms with E-state index >= 15 is 0 Å². The van der Waals surface area contributed by atoms with E-state index in [-0.39, 0.29) is 18.6 Å². The molecule has 0 aliphatic carbocycles. The largest absolute Gasteiger partial charge is 0.482 e. The molecular formula is C25H27N3O3S.